The van der Waals surface area contributed by atoms with Crippen LogP contribution in [0.2, 0.25) is 0 Å². The molecule has 0 aromatic heterocycles. The van der Waals surface area contributed by atoms with E-state index < -0.39 is 19.4 Å². The molecule has 0 aromatic rings. The molecule has 0 aliphatic carbocycles. The molecule has 0 radical (unpaired) electrons. The predicted octanol–water partition coefficient (Wildman–Crippen LogP) is -4.63. The molecule has 0 unspecified atom stereocenters. The van der Waals surface area contributed by atoms with Crippen molar-refractivity contribution in [3.63, 3.8) is 0 Å². The molecule has 0 spiro atoms. The van der Waals surface area contributed by atoms with E-state index in [9.17, 15) is 4.79 Å². The van der Waals surface area contributed by atoms with Crippen LogP contribution in [0.1, 0.15) is 0 Å². The number of nitriles is 3. The molecular weight excluding hydrogens is 152 g/mol. The van der Waals surface area contributed by atoms with Crippen LogP contribution in [0.15, 0.2) is 0 Å². The van der Waals surface area contributed by atoms with Crippen molar-refractivity contribution in [3.8, 4) is 18.2 Å². The average Bonchev–Trinajstić information content (AvgIpc) is 2.08. The maximum Gasteiger partial charge on any atom is 1.00 e. The summed E-state index contributed by atoms with van der Waals surface area (Å²) in [5, 5.41) is 24.9. The van der Waals surface area contributed by atoms with E-state index in [4.69, 9.17) is 15.8 Å². The smallest absolute Gasteiger partial charge is 0.694 e. The summed E-state index contributed by atoms with van der Waals surface area (Å²) >= 11 is 0. The SMILES string of the molecule is [BH3-]OC(=O)C(C#N)(C#N)C#N.[Li+]. The molecule has 0 atom stereocenters. The molecule has 0 saturated heterocycles. The van der Waals surface area contributed by atoms with Crippen LogP contribution in [0.3, 0.4) is 0 Å². The van der Waals surface area contributed by atoms with Crippen molar-refractivity contribution in [1.82, 2.24) is 0 Å². The molecule has 12 heavy (non-hydrogen) atoms. The van der Waals surface area contributed by atoms with Crippen LogP contribution in [0.4, 0.5) is 0 Å². The van der Waals surface area contributed by atoms with E-state index in [0.29, 0.717) is 0 Å². The van der Waals surface area contributed by atoms with Crippen LogP contribution in [0.5, 0.6) is 0 Å². The van der Waals surface area contributed by atoms with E-state index in [2.05, 4.69) is 4.65 Å². The minimum absolute atomic E-state index is 0. The fraction of sp³-hybridized carbons (Fsp3) is 0.200. The third-order valence-corrected chi connectivity index (χ3v) is 0.809. The molecule has 0 aromatic carbocycles. The van der Waals surface area contributed by atoms with Crippen molar-refractivity contribution in [3.05, 3.63) is 0 Å². The van der Waals surface area contributed by atoms with Crippen molar-refractivity contribution in [2.24, 2.45) is 5.41 Å². The number of hydrogen-bond acceptors (Lipinski definition) is 5. The maximum atomic E-state index is 10.7. The molecule has 0 N–H and O–H groups in total. The molecule has 0 aliphatic heterocycles. The third-order valence-electron chi connectivity index (χ3n) is 0.809. The quantitative estimate of drug-likeness (QED) is 0.354. The Hall–Kier alpha value is -1.40. The first-order chi connectivity index (χ1) is 5.16. The van der Waals surface area contributed by atoms with Crippen LogP contribution in [0.25, 0.3) is 0 Å². The summed E-state index contributed by atoms with van der Waals surface area (Å²) in [5.41, 5.74) is -2.25. The second kappa shape index (κ2) is 5.28. The van der Waals surface area contributed by atoms with Gasteiger partial charge in [0.2, 0.25) is 0 Å². The zero-order chi connectivity index (χ0) is 8.91. The van der Waals surface area contributed by atoms with E-state index in [0.717, 1.165) is 0 Å². The summed E-state index contributed by atoms with van der Waals surface area (Å²) in [4.78, 5) is 10.7. The topological polar surface area (TPSA) is 97.7 Å². The minimum Gasteiger partial charge on any atom is -0.694 e. The summed E-state index contributed by atoms with van der Waals surface area (Å²) in [7, 11) is -0.686. The monoisotopic (exact) mass is 155 g/mol. The molecular formula is C5H3BLiN3O2. The van der Waals surface area contributed by atoms with Gasteiger partial charge >= 0.3 is 30.2 Å². The zero-order valence-electron chi connectivity index (χ0n) is 5.66. The van der Waals surface area contributed by atoms with Gasteiger partial charge < -0.3 is 4.65 Å². The largest absolute Gasteiger partial charge is 1.00 e. The van der Waals surface area contributed by atoms with E-state index >= 15 is 0 Å². The van der Waals surface area contributed by atoms with Gasteiger partial charge in [0.1, 0.15) is 26.3 Å². The van der Waals surface area contributed by atoms with Gasteiger partial charge in [0.15, 0.2) is 0 Å². The van der Waals surface area contributed by atoms with Crippen LogP contribution in [-0.2, 0) is 9.45 Å². The Morgan fingerprint density at radius 3 is 1.67 bits per heavy atom. The number of rotatable bonds is 1. The molecule has 7 heteroatoms. The summed E-state index contributed by atoms with van der Waals surface area (Å²) in [5.74, 6) is -1.04. The number of carbonyl (C=O) groups is 1. The van der Waals surface area contributed by atoms with E-state index in [1.54, 1.807) is 0 Å². The summed E-state index contributed by atoms with van der Waals surface area (Å²) in [6.07, 6.45) is 0. The zero-order valence-corrected chi connectivity index (χ0v) is 5.66. The Morgan fingerprint density at radius 2 is 1.58 bits per heavy atom. The van der Waals surface area contributed by atoms with Gasteiger partial charge in [-0.2, -0.15) is 15.8 Å². The number of nitrogens with zero attached hydrogens (tertiary/aromatic N) is 3. The second-order valence-corrected chi connectivity index (χ2v) is 1.37. The van der Waals surface area contributed by atoms with Crippen molar-refractivity contribution < 1.29 is 28.3 Å². The fourth-order valence-electron chi connectivity index (χ4n) is 0.212. The second-order valence-electron chi connectivity index (χ2n) is 1.37. The molecule has 5 nitrogen and oxygen atoms in total. The maximum absolute atomic E-state index is 10.7. The van der Waals surface area contributed by atoms with Crippen molar-refractivity contribution >= 4 is 14.0 Å². The third kappa shape index (κ3) is 2.04. The molecule has 0 amide bonds. The van der Waals surface area contributed by atoms with Crippen molar-refractivity contribution in [2.75, 3.05) is 0 Å². The fourth-order valence-corrected chi connectivity index (χ4v) is 0.212. The van der Waals surface area contributed by atoms with Gasteiger partial charge in [-0.25, -0.2) is 0 Å². The minimum atomic E-state index is -2.25. The standard InChI is InChI=1S/C5H3BN3O2.Li/c6-11-4(10)5(1-7,2-8)3-9;/h6H3;/q-1;+1. The van der Waals surface area contributed by atoms with E-state index in [1.165, 1.54) is 18.2 Å². The van der Waals surface area contributed by atoms with Crippen LogP contribution >= 0.6 is 0 Å². The van der Waals surface area contributed by atoms with Crippen molar-refractivity contribution in [1.29, 1.82) is 15.8 Å². The molecule has 0 saturated carbocycles. The first-order valence-electron chi connectivity index (χ1n) is 2.08. The van der Waals surface area contributed by atoms with Gasteiger partial charge in [-0.15, -0.1) is 0 Å². The first-order valence-corrected chi connectivity index (χ1v) is 2.08. The van der Waals surface area contributed by atoms with Gasteiger partial charge in [0.25, 0.3) is 0 Å². The Balaban J connectivity index is 0. The van der Waals surface area contributed by atoms with Crippen LogP contribution in [0, 0.1) is 39.4 Å². The Labute approximate surface area is 82.1 Å². The van der Waals surface area contributed by atoms with Gasteiger partial charge in [0, 0.05) is 0 Å². The van der Waals surface area contributed by atoms with E-state index in [-0.39, 0.29) is 18.9 Å². The molecule has 0 aliphatic rings. The summed E-state index contributed by atoms with van der Waals surface area (Å²) in [6, 6.07) is 3.93. The van der Waals surface area contributed by atoms with Gasteiger partial charge in [-0.05, 0) is 0 Å². The number of carbonyl (C=O) groups excluding carboxylic acids is 1. The molecule has 0 fully saturated rings. The molecule has 0 bridgehead atoms. The first kappa shape index (κ1) is 13.2. The van der Waals surface area contributed by atoms with Gasteiger partial charge in [0.05, 0.1) is 0 Å². The normalized spacial score (nSPS) is 7.83. The summed E-state index contributed by atoms with van der Waals surface area (Å²) in [6.45, 7) is 0. The van der Waals surface area contributed by atoms with E-state index in [1.807, 2.05) is 0 Å². The summed E-state index contributed by atoms with van der Waals surface area (Å²) < 4.78 is 4.33. The van der Waals surface area contributed by atoms with Crippen molar-refractivity contribution in [2.45, 2.75) is 0 Å². The molecule has 54 valence electrons. The van der Waals surface area contributed by atoms with Crippen LogP contribution < -0.4 is 18.9 Å². The Kier molecular flexibility index (Phi) is 5.81. The predicted molar refractivity (Wildman–Crippen MR) is 35.3 cm³/mol. The van der Waals surface area contributed by atoms with Gasteiger partial charge in [-0.1, -0.05) is 0 Å². The molecule has 0 rings (SSSR count). The number of hydrogen-bond donors (Lipinski definition) is 0. The Bertz CT molecular complexity index is 261. The Morgan fingerprint density at radius 1 is 1.25 bits per heavy atom. The van der Waals surface area contributed by atoms with Gasteiger partial charge in [-0.3, -0.25) is 4.79 Å². The molecule has 0 heterocycles. The average molecular weight is 155 g/mol. The van der Waals surface area contributed by atoms with Crippen LogP contribution in [-0.4, -0.2) is 14.0 Å².